The Morgan fingerprint density at radius 1 is 1.35 bits per heavy atom. The average Bonchev–Trinajstić information content (AvgIpc) is 2.35. The summed E-state index contributed by atoms with van der Waals surface area (Å²) in [4.78, 5) is 13.6. The van der Waals surface area contributed by atoms with Gasteiger partial charge in [0.05, 0.1) is 13.5 Å². The van der Waals surface area contributed by atoms with Crippen molar-refractivity contribution >= 4 is 18.4 Å². The fraction of sp³-hybridized carbons (Fsp3) is 0.917. The van der Waals surface area contributed by atoms with Gasteiger partial charge >= 0.3 is 5.97 Å². The van der Waals surface area contributed by atoms with Crippen molar-refractivity contribution in [2.24, 2.45) is 0 Å². The van der Waals surface area contributed by atoms with Crippen LogP contribution in [-0.2, 0) is 9.53 Å². The summed E-state index contributed by atoms with van der Waals surface area (Å²) >= 11 is 0. The van der Waals surface area contributed by atoms with Crippen LogP contribution in [0.4, 0.5) is 0 Å². The van der Waals surface area contributed by atoms with Gasteiger partial charge in [0.25, 0.3) is 0 Å². The number of piperidine rings is 1. The van der Waals surface area contributed by atoms with Gasteiger partial charge in [-0.05, 0) is 38.9 Å². The number of halogens is 1. The molecule has 1 N–H and O–H groups in total. The third kappa shape index (κ3) is 6.24. The number of rotatable bonds is 6. The van der Waals surface area contributed by atoms with Crippen LogP contribution in [0.25, 0.3) is 0 Å². The van der Waals surface area contributed by atoms with Gasteiger partial charge in [-0.3, -0.25) is 9.69 Å². The monoisotopic (exact) mass is 264 g/mol. The van der Waals surface area contributed by atoms with Crippen LogP contribution in [0.3, 0.4) is 0 Å². The molecule has 0 bridgehead atoms. The molecule has 1 rings (SSSR count). The second kappa shape index (κ2) is 9.68. The molecule has 0 saturated carbocycles. The first kappa shape index (κ1) is 16.7. The van der Waals surface area contributed by atoms with Crippen LogP contribution < -0.4 is 5.32 Å². The van der Waals surface area contributed by atoms with Crippen LogP contribution in [-0.4, -0.2) is 50.2 Å². The van der Waals surface area contributed by atoms with Gasteiger partial charge in [0.2, 0.25) is 0 Å². The Hall–Kier alpha value is -0.320. The third-order valence-electron chi connectivity index (χ3n) is 3.17. The molecule has 5 heteroatoms. The van der Waals surface area contributed by atoms with Crippen LogP contribution in [0, 0.1) is 0 Å². The zero-order valence-electron chi connectivity index (χ0n) is 10.9. The van der Waals surface area contributed by atoms with Gasteiger partial charge in [0.1, 0.15) is 0 Å². The third-order valence-corrected chi connectivity index (χ3v) is 3.17. The highest BCUT2D eigenvalue weighted by atomic mass is 35.5. The highest BCUT2D eigenvalue weighted by Crippen LogP contribution is 2.12. The van der Waals surface area contributed by atoms with Gasteiger partial charge in [-0.15, -0.1) is 12.4 Å². The molecule has 0 amide bonds. The number of ether oxygens (including phenoxy) is 1. The number of nitrogens with zero attached hydrogens (tertiary/aromatic N) is 1. The first-order valence-corrected chi connectivity index (χ1v) is 6.29. The van der Waals surface area contributed by atoms with Crippen LogP contribution in [0.2, 0.25) is 0 Å². The van der Waals surface area contributed by atoms with Crippen molar-refractivity contribution in [3.05, 3.63) is 0 Å². The highest BCUT2D eigenvalue weighted by molar-refractivity contribution is 5.85. The minimum atomic E-state index is -0.102. The maximum atomic E-state index is 11.1. The molecule has 1 aliphatic heterocycles. The molecule has 1 fully saturated rings. The maximum absolute atomic E-state index is 11.1. The first-order valence-electron chi connectivity index (χ1n) is 6.29. The molecular formula is C12H25ClN2O2. The molecule has 1 heterocycles. The Morgan fingerprint density at radius 3 is 2.53 bits per heavy atom. The second-order valence-corrected chi connectivity index (χ2v) is 4.34. The predicted octanol–water partition coefficient (Wildman–Crippen LogP) is 1.44. The fourth-order valence-corrected chi connectivity index (χ4v) is 2.27. The summed E-state index contributed by atoms with van der Waals surface area (Å²) < 4.78 is 4.69. The summed E-state index contributed by atoms with van der Waals surface area (Å²) in [5, 5.41) is 3.37. The van der Waals surface area contributed by atoms with Gasteiger partial charge in [-0.25, -0.2) is 0 Å². The number of carbonyl (C=O) groups is 1. The summed E-state index contributed by atoms with van der Waals surface area (Å²) in [6.45, 7) is 6.31. The number of nitrogens with one attached hydrogen (secondary N) is 1. The lowest BCUT2D eigenvalue weighted by molar-refractivity contribution is -0.141. The molecule has 102 valence electrons. The van der Waals surface area contributed by atoms with Crippen molar-refractivity contribution in [1.29, 1.82) is 0 Å². The Bertz CT molecular complexity index is 209. The predicted molar refractivity (Wildman–Crippen MR) is 71.6 cm³/mol. The summed E-state index contributed by atoms with van der Waals surface area (Å²) in [7, 11) is 1.46. The highest BCUT2D eigenvalue weighted by Gasteiger charge is 2.20. The number of esters is 1. The minimum Gasteiger partial charge on any atom is -0.469 e. The van der Waals surface area contributed by atoms with Crippen molar-refractivity contribution in [2.45, 2.75) is 38.6 Å². The zero-order chi connectivity index (χ0) is 11.8. The molecule has 0 radical (unpaired) electrons. The van der Waals surface area contributed by atoms with Crippen molar-refractivity contribution in [3.8, 4) is 0 Å². The van der Waals surface area contributed by atoms with Gasteiger partial charge in [0.15, 0.2) is 0 Å². The van der Waals surface area contributed by atoms with E-state index < -0.39 is 0 Å². The van der Waals surface area contributed by atoms with Gasteiger partial charge in [-0.2, -0.15) is 0 Å². The van der Waals surface area contributed by atoms with Crippen LogP contribution in [0.5, 0.6) is 0 Å². The van der Waals surface area contributed by atoms with Crippen molar-refractivity contribution in [3.63, 3.8) is 0 Å². The summed E-state index contributed by atoms with van der Waals surface area (Å²) in [5.41, 5.74) is 0. The van der Waals surface area contributed by atoms with E-state index in [9.17, 15) is 4.79 Å². The molecule has 0 aromatic rings. The number of methoxy groups -OCH3 is 1. The number of hydrogen-bond acceptors (Lipinski definition) is 4. The molecule has 0 unspecified atom stereocenters. The summed E-state index contributed by atoms with van der Waals surface area (Å²) in [6, 6.07) is 0.644. The zero-order valence-corrected chi connectivity index (χ0v) is 11.7. The van der Waals surface area contributed by atoms with E-state index in [1.54, 1.807) is 0 Å². The van der Waals surface area contributed by atoms with Gasteiger partial charge < -0.3 is 10.1 Å². The summed E-state index contributed by atoms with van der Waals surface area (Å²) in [6.07, 6.45) is 4.05. The van der Waals surface area contributed by atoms with Crippen LogP contribution in [0.15, 0.2) is 0 Å². The lowest BCUT2D eigenvalue weighted by Crippen LogP contribution is -2.44. The van der Waals surface area contributed by atoms with E-state index in [4.69, 9.17) is 0 Å². The normalized spacial score (nSPS) is 16.6. The van der Waals surface area contributed by atoms with E-state index in [0.29, 0.717) is 12.5 Å². The van der Waals surface area contributed by atoms with Crippen LogP contribution >= 0.6 is 12.4 Å². The second-order valence-electron chi connectivity index (χ2n) is 4.34. The van der Waals surface area contributed by atoms with Crippen molar-refractivity contribution in [1.82, 2.24) is 10.2 Å². The smallest absolute Gasteiger partial charge is 0.306 e. The maximum Gasteiger partial charge on any atom is 0.306 e. The Balaban J connectivity index is 0.00000256. The largest absolute Gasteiger partial charge is 0.469 e. The molecule has 0 aromatic carbocycles. The fourth-order valence-electron chi connectivity index (χ4n) is 2.27. The Kier molecular flexibility index (Phi) is 9.50. The van der Waals surface area contributed by atoms with Crippen LogP contribution in [0.1, 0.15) is 32.6 Å². The Morgan fingerprint density at radius 2 is 2.00 bits per heavy atom. The van der Waals surface area contributed by atoms with E-state index in [2.05, 4.69) is 21.9 Å². The van der Waals surface area contributed by atoms with E-state index in [1.165, 1.54) is 20.0 Å². The molecule has 0 atom stereocenters. The lowest BCUT2D eigenvalue weighted by atomic mass is 10.0. The molecule has 0 spiro atoms. The van der Waals surface area contributed by atoms with Gasteiger partial charge in [-0.1, -0.05) is 6.92 Å². The molecule has 17 heavy (non-hydrogen) atoms. The molecule has 4 nitrogen and oxygen atoms in total. The topological polar surface area (TPSA) is 41.6 Å². The molecule has 0 aliphatic carbocycles. The quantitative estimate of drug-likeness (QED) is 0.737. The standard InChI is InChI=1S/C12H24N2O2.ClH/c1-3-9-14(10-6-12(15)16-2)11-4-7-13-8-5-11;/h11,13H,3-10H2,1-2H3;1H. The first-order chi connectivity index (χ1) is 7.77. The summed E-state index contributed by atoms with van der Waals surface area (Å²) in [5.74, 6) is -0.102. The minimum absolute atomic E-state index is 0. The van der Waals surface area contributed by atoms with Gasteiger partial charge in [0, 0.05) is 12.6 Å². The number of carbonyl (C=O) groups excluding carboxylic acids is 1. The molecular weight excluding hydrogens is 240 g/mol. The Labute approximate surface area is 110 Å². The van der Waals surface area contributed by atoms with E-state index in [0.717, 1.165) is 32.6 Å². The lowest BCUT2D eigenvalue weighted by Gasteiger charge is -2.34. The van der Waals surface area contributed by atoms with E-state index in [1.807, 2.05) is 0 Å². The SMILES string of the molecule is CCCN(CCC(=O)OC)C1CCNCC1.Cl. The molecule has 1 aliphatic rings. The molecule has 1 saturated heterocycles. The van der Waals surface area contributed by atoms with Crippen molar-refractivity contribution < 1.29 is 9.53 Å². The van der Waals surface area contributed by atoms with E-state index >= 15 is 0 Å². The molecule has 0 aromatic heterocycles. The average molecular weight is 265 g/mol. The van der Waals surface area contributed by atoms with Crippen molar-refractivity contribution in [2.75, 3.05) is 33.3 Å². The van der Waals surface area contributed by atoms with E-state index in [-0.39, 0.29) is 18.4 Å². The number of hydrogen-bond donors (Lipinski definition) is 1.